The fourth-order valence-corrected chi connectivity index (χ4v) is 0.563. The lowest BCUT2D eigenvalue weighted by Gasteiger charge is -1.85. The minimum absolute atomic E-state index is 0.0180. The van der Waals surface area contributed by atoms with Crippen molar-refractivity contribution >= 4 is 0 Å². The molecule has 0 saturated carbocycles. The zero-order chi connectivity index (χ0) is 8.36. The highest BCUT2D eigenvalue weighted by Gasteiger charge is 1.81. The Balaban J connectivity index is 3.25. The molecule has 0 fully saturated rings. The monoisotopic (exact) mass is 149 g/mol. The first kappa shape index (κ1) is 10.0. The summed E-state index contributed by atoms with van der Waals surface area (Å²) in [6.07, 6.45) is 7.71. The molecule has 0 rings (SSSR count). The van der Waals surface area contributed by atoms with Gasteiger partial charge in [0, 0.05) is 6.42 Å². The van der Waals surface area contributed by atoms with E-state index in [0.29, 0.717) is 0 Å². The molecule has 11 heavy (non-hydrogen) atoms. The van der Waals surface area contributed by atoms with Crippen LogP contribution in [0.1, 0.15) is 19.3 Å². The van der Waals surface area contributed by atoms with E-state index in [1.165, 1.54) is 0 Å². The van der Waals surface area contributed by atoms with Crippen LogP contribution in [0.5, 0.6) is 0 Å². The second-order valence-electron chi connectivity index (χ2n) is 2.08. The van der Waals surface area contributed by atoms with Crippen molar-refractivity contribution in [3.8, 4) is 11.8 Å². The summed E-state index contributed by atoms with van der Waals surface area (Å²) >= 11 is 0. The molecule has 0 atom stereocenters. The van der Waals surface area contributed by atoms with Crippen LogP contribution in [-0.2, 0) is 5.11 Å². The lowest BCUT2D eigenvalue weighted by molar-refractivity contribution is 0.187. The molecule has 0 unspecified atom stereocenters. The molecule has 59 valence electrons. The van der Waals surface area contributed by atoms with Crippen LogP contribution in [0.2, 0.25) is 0 Å². The minimum atomic E-state index is 0.0180. The van der Waals surface area contributed by atoms with Gasteiger partial charge in [-0.1, -0.05) is 30.6 Å². The van der Waals surface area contributed by atoms with Gasteiger partial charge in [-0.25, -0.2) is 5.11 Å². The molecule has 0 aromatic carbocycles. The molecule has 0 aliphatic rings. The fraction of sp³-hybridized carbons (Fsp3) is 0.400. The molecule has 0 bridgehead atoms. The molecule has 0 amide bonds. The van der Waals surface area contributed by atoms with E-state index in [4.69, 9.17) is 0 Å². The van der Waals surface area contributed by atoms with Gasteiger partial charge < -0.3 is 0 Å². The zero-order valence-electron chi connectivity index (χ0n) is 6.68. The van der Waals surface area contributed by atoms with E-state index in [0.717, 1.165) is 19.3 Å². The predicted molar refractivity (Wildman–Crippen MR) is 46.5 cm³/mol. The Morgan fingerprint density at radius 3 is 2.82 bits per heavy atom. The van der Waals surface area contributed by atoms with Gasteiger partial charge in [-0.15, -0.1) is 0 Å². The second-order valence-corrected chi connectivity index (χ2v) is 2.08. The first-order chi connectivity index (χ1) is 5.41. The van der Waals surface area contributed by atoms with Gasteiger partial charge >= 0.3 is 0 Å². The van der Waals surface area contributed by atoms with Crippen LogP contribution in [0.3, 0.4) is 0 Å². The quantitative estimate of drug-likeness (QED) is 0.332. The largest absolute Gasteiger partial charge is 0.237 e. The summed E-state index contributed by atoms with van der Waals surface area (Å²) in [5, 5.41) is 9.99. The summed E-state index contributed by atoms with van der Waals surface area (Å²) in [5.74, 6) is 5.77. The topological polar surface area (TPSA) is 19.9 Å². The lowest BCUT2D eigenvalue weighted by atomic mass is 10.2. The van der Waals surface area contributed by atoms with Crippen LogP contribution >= 0.6 is 0 Å². The Morgan fingerprint density at radius 2 is 2.18 bits per heavy atom. The van der Waals surface area contributed by atoms with E-state index in [2.05, 4.69) is 18.4 Å². The summed E-state index contributed by atoms with van der Waals surface area (Å²) in [6, 6.07) is 0. The Morgan fingerprint density at radius 1 is 1.36 bits per heavy atom. The number of hydrogen-bond acceptors (Lipinski definition) is 0. The standard InChI is InChI=1S/C10H13O/c1-2-3-4-5-6-7-8-9-10-11/h2-4H,1,7-10H2. The SMILES string of the molecule is C=CC=CC#CCCCC[O]. The van der Waals surface area contributed by atoms with Crippen molar-refractivity contribution < 1.29 is 5.11 Å². The molecular weight excluding hydrogens is 136 g/mol. The summed E-state index contributed by atoms with van der Waals surface area (Å²) in [6.45, 7) is 3.53. The maximum Gasteiger partial charge on any atom is 0.0822 e. The van der Waals surface area contributed by atoms with Gasteiger partial charge in [0.1, 0.15) is 0 Å². The number of rotatable bonds is 4. The van der Waals surface area contributed by atoms with E-state index in [9.17, 15) is 5.11 Å². The molecule has 0 heterocycles. The normalized spacial score (nSPS) is 9.18. The van der Waals surface area contributed by atoms with Gasteiger partial charge in [-0.05, 0) is 18.9 Å². The molecule has 0 spiro atoms. The summed E-state index contributed by atoms with van der Waals surface area (Å²) in [7, 11) is 0. The number of allylic oxidation sites excluding steroid dienone is 3. The van der Waals surface area contributed by atoms with E-state index >= 15 is 0 Å². The van der Waals surface area contributed by atoms with Gasteiger partial charge in [0.05, 0.1) is 6.61 Å². The fourth-order valence-electron chi connectivity index (χ4n) is 0.563. The first-order valence-electron chi connectivity index (χ1n) is 3.76. The number of hydrogen-bond donors (Lipinski definition) is 0. The molecule has 0 aliphatic carbocycles. The van der Waals surface area contributed by atoms with Crippen molar-refractivity contribution in [2.45, 2.75) is 19.3 Å². The van der Waals surface area contributed by atoms with Gasteiger partial charge in [0.15, 0.2) is 0 Å². The zero-order valence-corrected chi connectivity index (χ0v) is 6.68. The highest BCUT2D eigenvalue weighted by molar-refractivity contribution is 5.18. The van der Waals surface area contributed by atoms with Crippen LogP contribution in [0.15, 0.2) is 24.8 Å². The smallest absolute Gasteiger partial charge is 0.0822 e. The molecule has 1 heteroatoms. The molecule has 1 radical (unpaired) electrons. The van der Waals surface area contributed by atoms with E-state index in [1.54, 1.807) is 18.2 Å². The maximum absolute atomic E-state index is 9.99. The minimum Gasteiger partial charge on any atom is -0.237 e. The predicted octanol–water partition coefficient (Wildman–Crippen LogP) is 2.33. The average molecular weight is 149 g/mol. The summed E-state index contributed by atoms with van der Waals surface area (Å²) in [4.78, 5) is 0. The lowest BCUT2D eigenvalue weighted by Crippen LogP contribution is -1.78. The summed E-state index contributed by atoms with van der Waals surface area (Å²) < 4.78 is 0. The van der Waals surface area contributed by atoms with Gasteiger partial charge in [0.25, 0.3) is 0 Å². The van der Waals surface area contributed by atoms with Crippen LogP contribution in [-0.4, -0.2) is 6.61 Å². The van der Waals surface area contributed by atoms with E-state index < -0.39 is 0 Å². The van der Waals surface area contributed by atoms with Crippen molar-refractivity contribution in [2.75, 3.05) is 6.61 Å². The van der Waals surface area contributed by atoms with Crippen molar-refractivity contribution in [2.24, 2.45) is 0 Å². The Bertz CT molecular complexity index is 169. The Labute approximate surface area is 68.4 Å². The molecule has 0 aliphatic heterocycles. The summed E-state index contributed by atoms with van der Waals surface area (Å²) in [5.41, 5.74) is 0. The van der Waals surface area contributed by atoms with E-state index in [-0.39, 0.29) is 6.61 Å². The Kier molecular flexibility index (Phi) is 8.18. The highest BCUT2D eigenvalue weighted by atomic mass is 16.2. The molecule has 0 aromatic heterocycles. The van der Waals surface area contributed by atoms with Gasteiger partial charge in [0.2, 0.25) is 0 Å². The molecule has 1 nitrogen and oxygen atoms in total. The second kappa shape index (κ2) is 9.00. The molecular formula is C10H13O. The Hall–Kier alpha value is -1.00. The van der Waals surface area contributed by atoms with E-state index in [1.807, 2.05) is 0 Å². The highest BCUT2D eigenvalue weighted by Crippen LogP contribution is 1.91. The van der Waals surface area contributed by atoms with Crippen molar-refractivity contribution in [3.63, 3.8) is 0 Å². The maximum atomic E-state index is 9.99. The molecule has 0 saturated heterocycles. The van der Waals surface area contributed by atoms with Gasteiger partial charge in [-0.2, -0.15) is 0 Å². The van der Waals surface area contributed by atoms with Crippen LogP contribution < -0.4 is 0 Å². The van der Waals surface area contributed by atoms with Crippen molar-refractivity contribution in [1.29, 1.82) is 0 Å². The average Bonchev–Trinajstić information content (AvgIpc) is 2.03. The number of unbranched alkanes of at least 4 members (excludes halogenated alkanes) is 2. The van der Waals surface area contributed by atoms with Gasteiger partial charge in [-0.3, -0.25) is 0 Å². The van der Waals surface area contributed by atoms with Crippen molar-refractivity contribution in [3.05, 3.63) is 24.8 Å². The first-order valence-corrected chi connectivity index (χ1v) is 3.76. The molecule has 0 N–H and O–H groups in total. The van der Waals surface area contributed by atoms with Crippen molar-refractivity contribution in [1.82, 2.24) is 0 Å². The third-order valence-electron chi connectivity index (χ3n) is 1.11. The van der Waals surface area contributed by atoms with Crippen LogP contribution in [0, 0.1) is 11.8 Å². The van der Waals surface area contributed by atoms with Crippen LogP contribution in [0.25, 0.3) is 0 Å². The third kappa shape index (κ3) is 9.00. The molecule has 0 aromatic rings. The third-order valence-corrected chi connectivity index (χ3v) is 1.11. The van der Waals surface area contributed by atoms with Crippen LogP contribution in [0.4, 0.5) is 0 Å².